The van der Waals surface area contributed by atoms with Crippen LogP contribution in [0.15, 0.2) is 36.4 Å². The van der Waals surface area contributed by atoms with Crippen LogP contribution in [0.25, 0.3) is 0 Å². The van der Waals surface area contributed by atoms with Gasteiger partial charge in [-0.2, -0.15) is 0 Å². The van der Waals surface area contributed by atoms with Gasteiger partial charge in [0.1, 0.15) is 6.61 Å². The number of fused-ring (bicyclic) bond motifs is 1. The maximum atomic E-state index is 12.4. The monoisotopic (exact) mass is 366 g/mol. The molecule has 2 amide bonds. The first-order valence-corrected chi connectivity index (χ1v) is 9.00. The molecule has 1 aromatic carbocycles. The van der Waals surface area contributed by atoms with Gasteiger partial charge in [-0.05, 0) is 31.2 Å². The van der Waals surface area contributed by atoms with Crippen molar-refractivity contribution in [1.82, 2.24) is 10.2 Å². The summed E-state index contributed by atoms with van der Waals surface area (Å²) in [5, 5.41) is 2.91. The van der Waals surface area contributed by atoms with Gasteiger partial charge in [-0.25, -0.2) is 4.79 Å². The van der Waals surface area contributed by atoms with Gasteiger partial charge in [-0.1, -0.05) is 23.7 Å². The standard InChI is InChI=1S/C17H19ClN2O3S/c1-2-20(10-13-7-8-16(18)24-13)17(21)19-9-12-11-22-14-5-3-4-6-15(14)23-12/h3-8,12H,2,9-11H2,1H3,(H,19,21). The second kappa shape index (κ2) is 7.77. The molecule has 0 fully saturated rings. The van der Waals surface area contributed by atoms with Gasteiger partial charge in [0.15, 0.2) is 17.6 Å². The molecule has 0 radical (unpaired) electrons. The van der Waals surface area contributed by atoms with Crippen molar-refractivity contribution in [3.8, 4) is 11.5 Å². The summed E-state index contributed by atoms with van der Waals surface area (Å²) in [7, 11) is 0. The van der Waals surface area contributed by atoms with Crippen molar-refractivity contribution >= 4 is 29.0 Å². The summed E-state index contributed by atoms with van der Waals surface area (Å²) >= 11 is 7.43. The van der Waals surface area contributed by atoms with Crippen LogP contribution in [-0.2, 0) is 6.54 Å². The first-order valence-electron chi connectivity index (χ1n) is 7.81. The normalized spacial score (nSPS) is 15.8. The molecule has 1 N–H and O–H groups in total. The Morgan fingerprint density at radius 3 is 2.83 bits per heavy atom. The lowest BCUT2D eigenvalue weighted by molar-refractivity contribution is 0.0901. The third-order valence-electron chi connectivity index (χ3n) is 3.69. The van der Waals surface area contributed by atoms with Crippen LogP contribution in [0.4, 0.5) is 4.79 Å². The Balaban J connectivity index is 1.51. The molecule has 0 aliphatic carbocycles. The van der Waals surface area contributed by atoms with Crippen LogP contribution in [0, 0.1) is 0 Å². The van der Waals surface area contributed by atoms with E-state index in [2.05, 4.69) is 5.32 Å². The number of halogens is 1. The van der Waals surface area contributed by atoms with Gasteiger partial charge in [-0.3, -0.25) is 0 Å². The molecular weight excluding hydrogens is 348 g/mol. The van der Waals surface area contributed by atoms with E-state index in [4.69, 9.17) is 21.1 Å². The lowest BCUT2D eigenvalue weighted by atomic mass is 10.2. The molecular formula is C17H19ClN2O3S. The number of hydrogen-bond donors (Lipinski definition) is 1. The number of benzene rings is 1. The summed E-state index contributed by atoms with van der Waals surface area (Å²) in [5.74, 6) is 1.45. The number of carbonyl (C=O) groups excluding carboxylic acids is 1. The highest BCUT2D eigenvalue weighted by atomic mass is 35.5. The summed E-state index contributed by atoms with van der Waals surface area (Å²) < 4.78 is 12.2. The molecule has 0 saturated carbocycles. The first-order chi connectivity index (χ1) is 11.7. The summed E-state index contributed by atoms with van der Waals surface area (Å²) in [6, 6.07) is 11.2. The molecule has 128 valence electrons. The van der Waals surface area contributed by atoms with Crippen molar-refractivity contribution in [2.75, 3.05) is 19.7 Å². The van der Waals surface area contributed by atoms with Gasteiger partial charge in [0.25, 0.3) is 0 Å². The summed E-state index contributed by atoms with van der Waals surface area (Å²) in [4.78, 5) is 15.2. The smallest absolute Gasteiger partial charge is 0.317 e. The zero-order chi connectivity index (χ0) is 16.9. The van der Waals surface area contributed by atoms with E-state index in [0.717, 1.165) is 15.0 Å². The van der Waals surface area contributed by atoms with Crippen molar-refractivity contribution in [2.24, 2.45) is 0 Å². The molecule has 1 aliphatic heterocycles. The number of hydrogen-bond acceptors (Lipinski definition) is 4. The van der Waals surface area contributed by atoms with E-state index in [0.29, 0.717) is 32.0 Å². The number of rotatable bonds is 5. The van der Waals surface area contributed by atoms with Crippen molar-refractivity contribution in [3.05, 3.63) is 45.6 Å². The molecule has 0 bridgehead atoms. The average molecular weight is 367 g/mol. The summed E-state index contributed by atoms with van der Waals surface area (Å²) in [6.07, 6.45) is -0.196. The molecule has 2 heterocycles. The molecule has 0 saturated heterocycles. The van der Waals surface area contributed by atoms with E-state index in [9.17, 15) is 4.79 Å². The van der Waals surface area contributed by atoms with E-state index in [1.807, 2.05) is 43.3 Å². The number of amides is 2. The van der Waals surface area contributed by atoms with Crippen LogP contribution >= 0.6 is 22.9 Å². The number of ether oxygens (including phenoxy) is 2. The van der Waals surface area contributed by atoms with Crippen LogP contribution in [-0.4, -0.2) is 36.7 Å². The molecule has 3 rings (SSSR count). The molecule has 2 aromatic rings. The van der Waals surface area contributed by atoms with Gasteiger partial charge in [0.05, 0.1) is 17.4 Å². The van der Waals surface area contributed by atoms with Gasteiger partial charge in [-0.15, -0.1) is 11.3 Å². The predicted octanol–water partition coefficient (Wildman–Crippen LogP) is 3.77. The highest BCUT2D eigenvalue weighted by molar-refractivity contribution is 7.16. The first kappa shape index (κ1) is 16.9. The van der Waals surface area contributed by atoms with E-state index in [1.54, 1.807) is 4.90 Å². The van der Waals surface area contributed by atoms with E-state index < -0.39 is 0 Å². The van der Waals surface area contributed by atoms with E-state index in [-0.39, 0.29) is 12.1 Å². The molecule has 5 nitrogen and oxygen atoms in total. The van der Waals surface area contributed by atoms with Crippen LogP contribution in [0.3, 0.4) is 0 Å². The summed E-state index contributed by atoms with van der Waals surface area (Å²) in [5.41, 5.74) is 0. The van der Waals surface area contributed by atoms with Gasteiger partial charge in [0, 0.05) is 11.4 Å². The number of nitrogens with zero attached hydrogens (tertiary/aromatic N) is 1. The maximum absolute atomic E-state index is 12.4. The van der Waals surface area contributed by atoms with Crippen molar-refractivity contribution in [2.45, 2.75) is 19.6 Å². The minimum absolute atomic E-state index is 0.121. The quantitative estimate of drug-likeness (QED) is 0.876. The fraction of sp³-hybridized carbons (Fsp3) is 0.353. The Morgan fingerprint density at radius 1 is 1.33 bits per heavy atom. The number of urea groups is 1. The number of carbonyl (C=O) groups is 1. The van der Waals surface area contributed by atoms with Crippen molar-refractivity contribution in [1.29, 1.82) is 0 Å². The predicted molar refractivity (Wildman–Crippen MR) is 95.2 cm³/mol. The molecule has 0 spiro atoms. The molecule has 24 heavy (non-hydrogen) atoms. The Bertz CT molecular complexity index is 707. The third kappa shape index (κ3) is 4.13. The van der Waals surface area contributed by atoms with Crippen LogP contribution < -0.4 is 14.8 Å². The maximum Gasteiger partial charge on any atom is 0.317 e. The lowest BCUT2D eigenvalue weighted by Gasteiger charge is -2.28. The number of para-hydroxylation sites is 2. The Kier molecular flexibility index (Phi) is 5.48. The van der Waals surface area contributed by atoms with E-state index >= 15 is 0 Å². The molecule has 1 unspecified atom stereocenters. The minimum Gasteiger partial charge on any atom is -0.486 e. The zero-order valence-electron chi connectivity index (χ0n) is 13.3. The Labute approximate surface area is 150 Å². The average Bonchev–Trinajstić information content (AvgIpc) is 3.02. The number of nitrogens with one attached hydrogen (secondary N) is 1. The summed E-state index contributed by atoms with van der Waals surface area (Å²) in [6.45, 7) is 3.93. The van der Waals surface area contributed by atoms with E-state index in [1.165, 1.54) is 11.3 Å². The second-order valence-electron chi connectivity index (χ2n) is 5.40. The Morgan fingerprint density at radius 2 is 2.12 bits per heavy atom. The van der Waals surface area contributed by atoms with Gasteiger partial charge < -0.3 is 19.7 Å². The van der Waals surface area contributed by atoms with Crippen LogP contribution in [0.5, 0.6) is 11.5 Å². The lowest BCUT2D eigenvalue weighted by Crippen LogP contribution is -2.45. The molecule has 7 heteroatoms. The van der Waals surface area contributed by atoms with Crippen molar-refractivity contribution in [3.63, 3.8) is 0 Å². The van der Waals surface area contributed by atoms with Crippen LogP contribution in [0.1, 0.15) is 11.8 Å². The molecule has 1 aliphatic rings. The van der Waals surface area contributed by atoms with Crippen LogP contribution in [0.2, 0.25) is 4.34 Å². The molecule has 1 aromatic heterocycles. The fourth-order valence-electron chi connectivity index (χ4n) is 2.43. The zero-order valence-corrected chi connectivity index (χ0v) is 14.9. The SMILES string of the molecule is CCN(Cc1ccc(Cl)s1)C(=O)NCC1COc2ccccc2O1. The molecule has 1 atom stereocenters. The minimum atomic E-state index is -0.196. The fourth-order valence-corrected chi connectivity index (χ4v) is 3.53. The topological polar surface area (TPSA) is 50.8 Å². The van der Waals surface area contributed by atoms with Gasteiger partial charge in [0.2, 0.25) is 0 Å². The largest absolute Gasteiger partial charge is 0.486 e. The van der Waals surface area contributed by atoms with Crippen molar-refractivity contribution < 1.29 is 14.3 Å². The highest BCUT2D eigenvalue weighted by Crippen LogP contribution is 2.30. The van der Waals surface area contributed by atoms with Gasteiger partial charge >= 0.3 is 6.03 Å². The Hall–Kier alpha value is -1.92. The number of thiophene rings is 1. The highest BCUT2D eigenvalue weighted by Gasteiger charge is 2.22. The second-order valence-corrected chi connectivity index (χ2v) is 7.20. The third-order valence-corrected chi connectivity index (χ3v) is 4.91.